The highest BCUT2D eigenvalue weighted by atomic mass is 16.5. The summed E-state index contributed by atoms with van der Waals surface area (Å²) in [4.78, 5) is 15.5. The number of ether oxygens (including phenoxy) is 2. The Morgan fingerprint density at radius 3 is 2.30 bits per heavy atom. The molecule has 0 aromatic heterocycles. The third-order valence-electron chi connectivity index (χ3n) is 4.71. The molecule has 30 heavy (non-hydrogen) atoms. The van der Waals surface area contributed by atoms with Crippen molar-refractivity contribution in [3.63, 3.8) is 0 Å². The fourth-order valence-electron chi connectivity index (χ4n) is 2.88. The second-order valence-electron chi connectivity index (χ2n) is 7.21. The molecule has 0 spiro atoms. The maximum Gasteiger partial charge on any atom is 0.335 e. The van der Waals surface area contributed by atoms with Crippen LogP contribution in [0, 0.1) is 0 Å². The second kappa shape index (κ2) is 9.74. The van der Waals surface area contributed by atoms with Crippen LogP contribution in [0.15, 0.2) is 71.7 Å². The summed E-state index contributed by atoms with van der Waals surface area (Å²) < 4.78 is 11.3. The van der Waals surface area contributed by atoms with E-state index < -0.39 is 5.97 Å². The number of carboxylic acids is 1. The van der Waals surface area contributed by atoms with Crippen LogP contribution in [0.1, 0.15) is 46.8 Å². The first-order chi connectivity index (χ1) is 14.5. The molecule has 0 aliphatic rings. The van der Waals surface area contributed by atoms with Crippen LogP contribution in [0.3, 0.4) is 0 Å². The van der Waals surface area contributed by atoms with Gasteiger partial charge in [-0.25, -0.2) is 4.79 Å². The molecule has 5 heteroatoms. The normalized spacial score (nSPS) is 11.1. The lowest BCUT2D eigenvalue weighted by Crippen LogP contribution is -2.00. The summed E-state index contributed by atoms with van der Waals surface area (Å²) in [5, 5.41) is 8.97. The zero-order valence-corrected chi connectivity index (χ0v) is 17.3. The zero-order chi connectivity index (χ0) is 21.5. The van der Waals surface area contributed by atoms with E-state index in [-0.39, 0.29) is 5.56 Å². The fourth-order valence-corrected chi connectivity index (χ4v) is 2.88. The van der Waals surface area contributed by atoms with Crippen molar-refractivity contribution in [2.75, 3.05) is 7.11 Å². The highest BCUT2D eigenvalue weighted by Gasteiger charge is 2.07. The molecule has 0 unspecified atom stereocenters. The minimum atomic E-state index is -0.947. The summed E-state index contributed by atoms with van der Waals surface area (Å²) in [6, 6.07) is 20.4. The van der Waals surface area contributed by atoms with E-state index in [2.05, 4.69) is 31.0 Å². The lowest BCUT2D eigenvalue weighted by atomic mass is 10.0. The molecular weight excluding hydrogens is 378 g/mol. The summed E-state index contributed by atoms with van der Waals surface area (Å²) >= 11 is 0. The number of rotatable bonds is 8. The van der Waals surface area contributed by atoms with E-state index in [0.717, 1.165) is 16.8 Å². The van der Waals surface area contributed by atoms with Crippen LogP contribution in [0.4, 0.5) is 5.69 Å². The maximum absolute atomic E-state index is 10.9. The SMILES string of the molecule is COc1cc(C=Nc2ccc(C(C)C)cc2)ccc1OCc1ccc(C(=O)O)cc1. The van der Waals surface area contributed by atoms with Crippen molar-refractivity contribution in [2.45, 2.75) is 26.4 Å². The van der Waals surface area contributed by atoms with E-state index in [1.807, 2.05) is 30.3 Å². The number of hydrogen-bond donors (Lipinski definition) is 1. The molecule has 0 heterocycles. The quantitative estimate of drug-likeness (QED) is 0.479. The Hall–Kier alpha value is -3.60. The van der Waals surface area contributed by atoms with Gasteiger partial charge in [0.05, 0.1) is 18.4 Å². The summed E-state index contributed by atoms with van der Waals surface area (Å²) in [5.41, 5.74) is 4.20. The van der Waals surface area contributed by atoms with Crippen LogP contribution in [-0.4, -0.2) is 24.4 Å². The van der Waals surface area contributed by atoms with E-state index in [1.54, 1.807) is 37.6 Å². The number of aliphatic imine (C=N–C) groups is 1. The topological polar surface area (TPSA) is 68.1 Å². The van der Waals surface area contributed by atoms with Crippen LogP contribution >= 0.6 is 0 Å². The van der Waals surface area contributed by atoms with E-state index in [0.29, 0.717) is 24.0 Å². The maximum atomic E-state index is 10.9. The van der Waals surface area contributed by atoms with Crippen LogP contribution < -0.4 is 9.47 Å². The van der Waals surface area contributed by atoms with Crippen molar-refractivity contribution >= 4 is 17.9 Å². The van der Waals surface area contributed by atoms with Gasteiger partial charge in [0.1, 0.15) is 6.61 Å². The van der Waals surface area contributed by atoms with Gasteiger partial charge in [0.25, 0.3) is 0 Å². The standard InChI is InChI=1S/C25H25NO4/c1-17(2)20-9-11-22(12-10-20)26-15-19-6-13-23(24(14-19)29-3)30-16-18-4-7-21(8-5-18)25(27)28/h4-15,17H,16H2,1-3H3,(H,27,28). The molecule has 3 aromatic rings. The molecule has 154 valence electrons. The molecule has 0 bridgehead atoms. The lowest BCUT2D eigenvalue weighted by Gasteiger charge is -2.11. The van der Waals surface area contributed by atoms with Crippen LogP contribution in [0.5, 0.6) is 11.5 Å². The van der Waals surface area contributed by atoms with Gasteiger partial charge in [-0.15, -0.1) is 0 Å². The highest BCUT2D eigenvalue weighted by molar-refractivity contribution is 5.87. The molecule has 0 saturated carbocycles. The third kappa shape index (κ3) is 5.47. The Balaban J connectivity index is 1.67. The van der Waals surface area contributed by atoms with Gasteiger partial charge in [-0.3, -0.25) is 4.99 Å². The summed E-state index contributed by atoms with van der Waals surface area (Å²) in [5.74, 6) is 0.765. The number of nitrogens with zero attached hydrogens (tertiary/aromatic N) is 1. The number of aromatic carboxylic acids is 1. The van der Waals surface area contributed by atoms with Crippen molar-refractivity contribution in [3.05, 3.63) is 89.0 Å². The van der Waals surface area contributed by atoms with E-state index >= 15 is 0 Å². The largest absolute Gasteiger partial charge is 0.493 e. The number of hydrogen-bond acceptors (Lipinski definition) is 4. The van der Waals surface area contributed by atoms with Crippen LogP contribution in [0.2, 0.25) is 0 Å². The van der Waals surface area contributed by atoms with Gasteiger partial charge in [-0.05, 0) is 65.1 Å². The molecular formula is C25H25NO4. The lowest BCUT2D eigenvalue weighted by molar-refractivity contribution is 0.0697. The Kier molecular flexibility index (Phi) is 6.86. The first-order valence-electron chi connectivity index (χ1n) is 9.73. The fraction of sp³-hybridized carbons (Fsp3) is 0.200. The predicted molar refractivity (Wildman–Crippen MR) is 119 cm³/mol. The van der Waals surface area contributed by atoms with Gasteiger partial charge in [0.2, 0.25) is 0 Å². The van der Waals surface area contributed by atoms with E-state index in [1.165, 1.54) is 5.56 Å². The second-order valence-corrected chi connectivity index (χ2v) is 7.21. The molecule has 5 nitrogen and oxygen atoms in total. The molecule has 1 N–H and O–H groups in total. The van der Waals surface area contributed by atoms with Crippen LogP contribution in [-0.2, 0) is 6.61 Å². The molecule has 3 aromatic carbocycles. The van der Waals surface area contributed by atoms with Crippen molar-refractivity contribution in [2.24, 2.45) is 4.99 Å². The van der Waals surface area contributed by atoms with Crippen LogP contribution in [0.25, 0.3) is 0 Å². The first-order valence-corrected chi connectivity index (χ1v) is 9.73. The number of carboxylic acid groups (broad SMARTS) is 1. The zero-order valence-electron chi connectivity index (χ0n) is 17.3. The Labute approximate surface area is 176 Å². The molecule has 0 aliphatic carbocycles. The third-order valence-corrected chi connectivity index (χ3v) is 4.71. The Morgan fingerprint density at radius 1 is 1.00 bits per heavy atom. The monoisotopic (exact) mass is 403 g/mol. The van der Waals surface area contributed by atoms with Gasteiger partial charge >= 0.3 is 5.97 Å². The molecule has 0 aliphatic heterocycles. The highest BCUT2D eigenvalue weighted by Crippen LogP contribution is 2.29. The number of benzene rings is 3. The van der Waals surface area contributed by atoms with Gasteiger partial charge < -0.3 is 14.6 Å². The van der Waals surface area contributed by atoms with E-state index in [9.17, 15) is 4.79 Å². The van der Waals surface area contributed by atoms with Gasteiger partial charge in [-0.1, -0.05) is 38.1 Å². The average Bonchev–Trinajstić information content (AvgIpc) is 2.77. The smallest absolute Gasteiger partial charge is 0.335 e. The Morgan fingerprint density at radius 2 is 1.70 bits per heavy atom. The number of methoxy groups -OCH3 is 1. The van der Waals surface area contributed by atoms with Crippen molar-refractivity contribution in [3.8, 4) is 11.5 Å². The predicted octanol–water partition coefficient (Wildman–Crippen LogP) is 5.85. The summed E-state index contributed by atoms with van der Waals surface area (Å²) in [7, 11) is 1.59. The molecule has 3 rings (SSSR count). The summed E-state index contributed by atoms with van der Waals surface area (Å²) in [6.45, 7) is 4.64. The Bertz CT molecular complexity index is 1020. The number of carbonyl (C=O) groups is 1. The van der Waals surface area contributed by atoms with Gasteiger partial charge in [-0.2, -0.15) is 0 Å². The van der Waals surface area contributed by atoms with Crippen molar-refractivity contribution in [1.29, 1.82) is 0 Å². The molecule has 0 amide bonds. The minimum Gasteiger partial charge on any atom is -0.493 e. The van der Waals surface area contributed by atoms with Crippen molar-refractivity contribution in [1.82, 2.24) is 0 Å². The van der Waals surface area contributed by atoms with E-state index in [4.69, 9.17) is 14.6 Å². The average molecular weight is 403 g/mol. The molecule has 0 saturated heterocycles. The molecule has 0 atom stereocenters. The molecule has 0 radical (unpaired) electrons. The first kappa shape index (κ1) is 21.1. The molecule has 0 fully saturated rings. The minimum absolute atomic E-state index is 0.249. The van der Waals surface area contributed by atoms with Gasteiger partial charge in [0, 0.05) is 6.21 Å². The van der Waals surface area contributed by atoms with Crippen molar-refractivity contribution < 1.29 is 19.4 Å². The summed E-state index contributed by atoms with van der Waals surface area (Å²) in [6.07, 6.45) is 1.79. The van der Waals surface area contributed by atoms with Gasteiger partial charge in [0.15, 0.2) is 11.5 Å².